The Morgan fingerprint density at radius 1 is 1.42 bits per heavy atom. The number of amides is 1. The summed E-state index contributed by atoms with van der Waals surface area (Å²) in [6, 6.07) is 1.74. The molecule has 0 bridgehead atoms. The molecule has 0 atom stereocenters. The standard InChI is InChI=1S/C16H23N5O3/c1-11(2)15-7-14(18-24-15)16(23)20-5-3-12(4-6-20)8-21-9-13(10-22)17-19-21/h7,9,11-12,22H,3-6,8,10H2,1-2H3. The molecule has 1 aliphatic rings. The Balaban J connectivity index is 1.53. The molecule has 1 amide bonds. The van der Waals surface area contributed by atoms with E-state index in [1.807, 2.05) is 18.7 Å². The molecule has 24 heavy (non-hydrogen) atoms. The number of aliphatic hydroxyl groups excluding tert-OH is 1. The smallest absolute Gasteiger partial charge is 0.276 e. The molecule has 0 spiro atoms. The topological polar surface area (TPSA) is 97.3 Å². The van der Waals surface area contributed by atoms with Crippen LogP contribution in [-0.4, -0.2) is 49.2 Å². The van der Waals surface area contributed by atoms with Crippen molar-refractivity contribution in [2.75, 3.05) is 13.1 Å². The minimum absolute atomic E-state index is 0.0626. The molecular formula is C16H23N5O3. The fourth-order valence-corrected chi connectivity index (χ4v) is 2.91. The number of nitrogens with zero attached hydrogens (tertiary/aromatic N) is 5. The van der Waals surface area contributed by atoms with Crippen molar-refractivity contribution in [1.29, 1.82) is 0 Å². The third-order valence-corrected chi connectivity index (χ3v) is 4.41. The number of piperidine rings is 1. The van der Waals surface area contributed by atoms with Crippen molar-refractivity contribution in [2.45, 2.75) is 45.8 Å². The van der Waals surface area contributed by atoms with E-state index in [1.165, 1.54) is 0 Å². The van der Waals surface area contributed by atoms with Crippen molar-refractivity contribution in [3.05, 3.63) is 29.4 Å². The van der Waals surface area contributed by atoms with Crippen LogP contribution in [0, 0.1) is 5.92 Å². The number of hydrogen-bond acceptors (Lipinski definition) is 6. The number of likely N-dealkylation sites (tertiary alicyclic amines) is 1. The van der Waals surface area contributed by atoms with Gasteiger partial charge in [0.2, 0.25) is 0 Å². The summed E-state index contributed by atoms with van der Waals surface area (Å²) >= 11 is 0. The molecule has 0 unspecified atom stereocenters. The molecule has 130 valence electrons. The summed E-state index contributed by atoms with van der Waals surface area (Å²) in [4.78, 5) is 14.3. The second-order valence-corrected chi connectivity index (χ2v) is 6.59. The van der Waals surface area contributed by atoms with Gasteiger partial charge in [-0.05, 0) is 18.8 Å². The van der Waals surface area contributed by atoms with Crippen molar-refractivity contribution in [3.63, 3.8) is 0 Å². The Morgan fingerprint density at radius 2 is 2.17 bits per heavy atom. The summed E-state index contributed by atoms with van der Waals surface area (Å²) in [5, 5.41) is 20.8. The van der Waals surface area contributed by atoms with Crippen molar-refractivity contribution in [2.24, 2.45) is 5.92 Å². The number of rotatable bonds is 5. The summed E-state index contributed by atoms with van der Waals surface area (Å²) in [5.41, 5.74) is 0.968. The van der Waals surface area contributed by atoms with Gasteiger partial charge in [0.25, 0.3) is 5.91 Å². The molecule has 1 aliphatic heterocycles. The van der Waals surface area contributed by atoms with Gasteiger partial charge in [-0.1, -0.05) is 24.2 Å². The normalized spacial score (nSPS) is 16.1. The molecule has 1 fully saturated rings. The number of carbonyl (C=O) groups excluding carboxylic acids is 1. The number of aliphatic hydroxyl groups is 1. The zero-order chi connectivity index (χ0) is 17.1. The van der Waals surface area contributed by atoms with Crippen molar-refractivity contribution < 1.29 is 14.4 Å². The predicted octanol–water partition coefficient (Wildman–Crippen LogP) is 1.43. The average molecular weight is 333 g/mol. The average Bonchev–Trinajstić information content (AvgIpc) is 3.24. The summed E-state index contributed by atoms with van der Waals surface area (Å²) in [7, 11) is 0. The Morgan fingerprint density at radius 3 is 2.75 bits per heavy atom. The highest BCUT2D eigenvalue weighted by Gasteiger charge is 2.26. The second-order valence-electron chi connectivity index (χ2n) is 6.59. The van der Waals surface area contributed by atoms with E-state index in [9.17, 15) is 4.79 Å². The molecule has 3 rings (SSSR count). The maximum atomic E-state index is 12.5. The molecule has 8 heteroatoms. The Bertz CT molecular complexity index is 685. The summed E-state index contributed by atoms with van der Waals surface area (Å²) in [6.07, 6.45) is 3.59. The Labute approximate surface area is 140 Å². The Kier molecular flexibility index (Phi) is 4.94. The predicted molar refractivity (Wildman–Crippen MR) is 85.2 cm³/mol. The summed E-state index contributed by atoms with van der Waals surface area (Å²) in [6.45, 7) is 6.09. The van der Waals surface area contributed by atoms with Crippen LogP contribution in [0.5, 0.6) is 0 Å². The minimum Gasteiger partial charge on any atom is -0.390 e. The van der Waals surface area contributed by atoms with Gasteiger partial charge in [0.05, 0.1) is 12.8 Å². The Hall–Kier alpha value is -2.22. The first-order valence-corrected chi connectivity index (χ1v) is 8.32. The largest absolute Gasteiger partial charge is 0.390 e. The second kappa shape index (κ2) is 7.12. The van der Waals surface area contributed by atoms with Crippen LogP contribution in [0.2, 0.25) is 0 Å². The van der Waals surface area contributed by atoms with Crippen molar-refractivity contribution >= 4 is 5.91 Å². The van der Waals surface area contributed by atoms with Gasteiger partial charge in [-0.25, -0.2) is 0 Å². The highest BCUT2D eigenvalue weighted by molar-refractivity contribution is 5.92. The first-order valence-electron chi connectivity index (χ1n) is 8.32. The van der Waals surface area contributed by atoms with E-state index in [0.29, 0.717) is 30.4 Å². The fourth-order valence-electron chi connectivity index (χ4n) is 2.91. The van der Waals surface area contributed by atoms with Crippen LogP contribution in [0.15, 0.2) is 16.8 Å². The third-order valence-electron chi connectivity index (χ3n) is 4.41. The molecule has 8 nitrogen and oxygen atoms in total. The number of carbonyl (C=O) groups is 1. The molecule has 0 aliphatic carbocycles. The molecule has 0 aromatic carbocycles. The SMILES string of the molecule is CC(C)c1cc(C(=O)N2CCC(Cn3cc(CO)nn3)CC2)no1. The highest BCUT2D eigenvalue weighted by atomic mass is 16.5. The summed E-state index contributed by atoms with van der Waals surface area (Å²) < 4.78 is 6.98. The van der Waals surface area contributed by atoms with Gasteiger partial charge in [0.1, 0.15) is 11.5 Å². The van der Waals surface area contributed by atoms with Crippen LogP contribution in [-0.2, 0) is 13.2 Å². The van der Waals surface area contributed by atoms with E-state index < -0.39 is 0 Å². The van der Waals surface area contributed by atoms with Crippen LogP contribution >= 0.6 is 0 Å². The zero-order valence-corrected chi connectivity index (χ0v) is 14.1. The third kappa shape index (κ3) is 3.64. The van der Waals surface area contributed by atoms with E-state index in [2.05, 4.69) is 15.5 Å². The van der Waals surface area contributed by atoms with E-state index in [4.69, 9.17) is 9.63 Å². The van der Waals surface area contributed by atoms with Gasteiger partial charge in [0.15, 0.2) is 5.69 Å². The van der Waals surface area contributed by atoms with E-state index in [0.717, 1.165) is 25.1 Å². The van der Waals surface area contributed by atoms with E-state index in [-0.39, 0.29) is 18.4 Å². The lowest BCUT2D eigenvalue weighted by molar-refractivity contribution is 0.0670. The molecule has 1 saturated heterocycles. The maximum Gasteiger partial charge on any atom is 0.276 e. The quantitative estimate of drug-likeness (QED) is 0.889. The van der Waals surface area contributed by atoms with Crippen LogP contribution in [0.3, 0.4) is 0 Å². The van der Waals surface area contributed by atoms with Crippen LogP contribution in [0.4, 0.5) is 0 Å². The van der Waals surface area contributed by atoms with Gasteiger partial charge in [0, 0.05) is 31.6 Å². The van der Waals surface area contributed by atoms with Crippen LogP contribution in [0.25, 0.3) is 0 Å². The summed E-state index contributed by atoms with van der Waals surface area (Å²) in [5.74, 6) is 1.34. The lowest BCUT2D eigenvalue weighted by Gasteiger charge is -2.31. The highest BCUT2D eigenvalue weighted by Crippen LogP contribution is 2.22. The molecule has 2 aromatic rings. The molecular weight excluding hydrogens is 310 g/mol. The molecule has 0 radical (unpaired) electrons. The number of hydrogen-bond donors (Lipinski definition) is 1. The van der Waals surface area contributed by atoms with Crippen LogP contribution in [0.1, 0.15) is 54.5 Å². The van der Waals surface area contributed by atoms with Crippen molar-refractivity contribution in [1.82, 2.24) is 25.1 Å². The molecule has 0 saturated carbocycles. The molecule has 1 N–H and O–H groups in total. The van der Waals surface area contributed by atoms with Crippen molar-refractivity contribution in [3.8, 4) is 0 Å². The van der Waals surface area contributed by atoms with Gasteiger partial charge >= 0.3 is 0 Å². The molecule has 2 aromatic heterocycles. The van der Waals surface area contributed by atoms with E-state index >= 15 is 0 Å². The lowest BCUT2D eigenvalue weighted by Crippen LogP contribution is -2.39. The van der Waals surface area contributed by atoms with Gasteiger partial charge in [-0.2, -0.15) is 0 Å². The first kappa shape index (κ1) is 16.6. The monoisotopic (exact) mass is 333 g/mol. The van der Waals surface area contributed by atoms with Gasteiger partial charge in [-0.3, -0.25) is 9.48 Å². The zero-order valence-electron chi connectivity index (χ0n) is 14.1. The minimum atomic E-state index is -0.0942. The van der Waals surface area contributed by atoms with Gasteiger partial charge in [-0.15, -0.1) is 5.10 Å². The lowest BCUT2D eigenvalue weighted by atomic mass is 9.96. The first-order chi connectivity index (χ1) is 11.6. The fraction of sp³-hybridized carbons (Fsp3) is 0.625. The molecule has 3 heterocycles. The van der Waals surface area contributed by atoms with Gasteiger partial charge < -0.3 is 14.5 Å². The maximum absolute atomic E-state index is 12.5. The number of aromatic nitrogens is 4. The van der Waals surface area contributed by atoms with Crippen LogP contribution < -0.4 is 0 Å². The van der Waals surface area contributed by atoms with E-state index in [1.54, 1.807) is 16.9 Å².